The van der Waals surface area contributed by atoms with E-state index in [2.05, 4.69) is 45.0 Å². The number of rotatable bonds is 7. The molecule has 0 aliphatic heterocycles. The van der Waals surface area contributed by atoms with Crippen LogP contribution in [0.25, 0.3) is 0 Å². The van der Waals surface area contributed by atoms with Crippen molar-refractivity contribution >= 4 is 0 Å². The first-order valence-electron chi connectivity index (χ1n) is 6.84. The van der Waals surface area contributed by atoms with Gasteiger partial charge in [-0.3, -0.25) is 0 Å². The lowest BCUT2D eigenvalue weighted by Gasteiger charge is -2.25. The Morgan fingerprint density at radius 3 is 2.32 bits per heavy atom. The Bertz CT molecular complexity index is 373. The summed E-state index contributed by atoms with van der Waals surface area (Å²) in [5.74, 6) is 0. The summed E-state index contributed by atoms with van der Waals surface area (Å²) in [5.41, 5.74) is 8.43. The predicted octanol–water partition coefficient (Wildman–Crippen LogP) is 3.22. The minimum atomic E-state index is -0.145. The highest BCUT2D eigenvalue weighted by atomic mass is 16.5. The molecule has 0 heterocycles. The number of ether oxygens (including phenoxy) is 2. The molecule has 0 bridgehead atoms. The average molecular weight is 265 g/mol. The van der Waals surface area contributed by atoms with Crippen LogP contribution in [0, 0.1) is 6.92 Å². The molecule has 2 atom stereocenters. The SMILES string of the molecule is COC(C)(C)CCOC(C)C(N)c1ccc(C)cc1. The monoisotopic (exact) mass is 265 g/mol. The number of benzene rings is 1. The molecule has 0 aromatic heterocycles. The predicted molar refractivity (Wildman–Crippen MR) is 79.2 cm³/mol. The summed E-state index contributed by atoms with van der Waals surface area (Å²) in [6.45, 7) is 8.86. The molecule has 3 heteroatoms. The molecule has 0 saturated carbocycles. The summed E-state index contributed by atoms with van der Waals surface area (Å²) in [6, 6.07) is 8.20. The molecular weight excluding hydrogens is 238 g/mol. The average Bonchev–Trinajstić information content (AvgIpc) is 2.38. The third-order valence-electron chi connectivity index (χ3n) is 3.61. The minimum Gasteiger partial charge on any atom is -0.379 e. The van der Waals surface area contributed by atoms with Crippen molar-refractivity contribution in [2.45, 2.75) is 51.9 Å². The third-order valence-corrected chi connectivity index (χ3v) is 3.61. The van der Waals surface area contributed by atoms with Crippen LogP contribution in [-0.4, -0.2) is 25.4 Å². The first-order chi connectivity index (χ1) is 8.85. The second-order valence-corrected chi connectivity index (χ2v) is 5.73. The molecule has 0 spiro atoms. The molecule has 2 unspecified atom stereocenters. The van der Waals surface area contributed by atoms with Gasteiger partial charge in [0.05, 0.1) is 17.7 Å². The fourth-order valence-corrected chi connectivity index (χ4v) is 1.76. The third kappa shape index (κ3) is 5.31. The van der Waals surface area contributed by atoms with Crippen LogP contribution >= 0.6 is 0 Å². The summed E-state index contributed by atoms with van der Waals surface area (Å²) in [5, 5.41) is 0. The Hall–Kier alpha value is -0.900. The molecule has 3 nitrogen and oxygen atoms in total. The molecule has 1 aromatic rings. The van der Waals surface area contributed by atoms with Crippen LogP contribution in [0.5, 0.6) is 0 Å². The van der Waals surface area contributed by atoms with Gasteiger partial charge in [-0.25, -0.2) is 0 Å². The Morgan fingerprint density at radius 2 is 1.79 bits per heavy atom. The van der Waals surface area contributed by atoms with Gasteiger partial charge in [-0.2, -0.15) is 0 Å². The normalized spacial score (nSPS) is 15.3. The van der Waals surface area contributed by atoms with E-state index in [1.165, 1.54) is 5.56 Å². The van der Waals surface area contributed by atoms with E-state index in [4.69, 9.17) is 15.2 Å². The summed E-state index contributed by atoms with van der Waals surface area (Å²) >= 11 is 0. The fourth-order valence-electron chi connectivity index (χ4n) is 1.76. The number of hydrogen-bond donors (Lipinski definition) is 1. The molecule has 0 aliphatic rings. The topological polar surface area (TPSA) is 44.5 Å². The second kappa shape index (κ2) is 7.04. The lowest BCUT2D eigenvalue weighted by molar-refractivity contribution is -0.0279. The largest absolute Gasteiger partial charge is 0.379 e. The Kier molecular flexibility index (Phi) is 5.98. The Labute approximate surface area is 117 Å². The van der Waals surface area contributed by atoms with Crippen molar-refractivity contribution in [2.75, 3.05) is 13.7 Å². The number of methoxy groups -OCH3 is 1. The van der Waals surface area contributed by atoms with Crippen molar-refractivity contribution in [3.63, 3.8) is 0 Å². The maximum atomic E-state index is 6.21. The summed E-state index contributed by atoms with van der Waals surface area (Å²) in [6.07, 6.45) is 0.851. The summed E-state index contributed by atoms with van der Waals surface area (Å²) < 4.78 is 11.2. The molecule has 1 rings (SSSR count). The lowest BCUT2D eigenvalue weighted by atomic mass is 10.0. The molecule has 0 saturated heterocycles. The maximum absolute atomic E-state index is 6.21. The Balaban J connectivity index is 2.45. The van der Waals surface area contributed by atoms with E-state index in [0.717, 1.165) is 12.0 Å². The smallest absolute Gasteiger partial charge is 0.0739 e. The molecule has 0 radical (unpaired) electrons. The number of aryl methyl sites for hydroxylation is 1. The molecule has 0 fully saturated rings. The van der Waals surface area contributed by atoms with E-state index in [1.54, 1.807) is 7.11 Å². The van der Waals surface area contributed by atoms with Crippen LogP contribution in [0.4, 0.5) is 0 Å². The van der Waals surface area contributed by atoms with E-state index >= 15 is 0 Å². The second-order valence-electron chi connectivity index (χ2n) is 5.73. The van der Waals surface area contributed by atoms with Crippen LogP contribution in [-0.2, 0) is 9.47 Å². The summed E-state index contributed by atoms with van der Waals surface area (Å²) in [7, 11) is 1.72. The molecule has 19 heavy (non-hydrogen) atoms. The zero-order valence-corrected chi connectivity index (χ0v) is 12.8. The van der Waals surface area contributed by atoms with Crippen molar-refractivity contribution in [1.82, 2.24) is 0 Å². The van der Waals surface area contributed by atoms with E-state index < -0.39 is 0 Å². The zero-order valence-electron chi connectivity index (χ0n) is 12.8. The van der Waals surface area contributed by atoms with Gasteiger partial charge in [0.15, 0.2) is 0 Å². The standard InChI is InChI=1S/C16H27NO2/c1-12-6-8-14(9-7-12)15(17)13(2)19-11-10-16(3,4)18-5/h6-9,13,15H,10-11,17H2,1-5H3. The molecule has 0 aliphatic carbocycles. The lowest BCUT2D eigenvalue weighted by Crippen LogP contribution is -2.30. The van der Waals surface area contributed by atoms with Crippen molar-refractivity contribution in [3.8, 4) is 0 Å². The van der Waals surface area contributed by atoms with Gasteiger partial charge in [0.25, 0.3) is 0 Å². The van der Waals surface area contributed by atoms with Gasteiger partial charge in [0.1, 0.15) is 0 Å². The molecule has 2 N–H and O–H groups in total. The van der Waals surface area contributed by atoms with Crippen LogP contribution < -0.4 is 5.73 Å². The van der Waals surface area contributed by atoms with E-state index in [-0.39, 0.29) is 17.7 Å². The van der Waals surface area contributed by atoms with E-state index in [1.807, 2.05) is 6.92 Å². The van der Waals surface area contributed by atoms with Crippen LogP contribution in [0.15, 0.2) is 24.3 Å². The van der Waals surface area contributed by atoms with E-state index in [0.29, 0.717) is 6.61 Å². The van der Waals surface area contributed by atoms with Gasteiger partial charge in [0, 0.05) is 13.7 Å². The summed E-state index contributed by atoms with van der Waals surface area (Å²) in [4.78, 5) is 0. The molecular formula is C16H27NO2. The van der Waals surface area contributed by atoms with Crippen LogP contribution in [0.2, 0.25) is 0 Å². The van der Waals surface area contributed by atoms with Gasteiger partial charge in [-0.1, -0.05) is 29.8 Å². The molecule has 108 valence electrons. The molecule has 0 amide bonds. The maximum Gasteiger partial charge on any atom is 0.0739 e. The first-order valence-corrected chi connectivity index (χ1v) is 6.84. The van der Waals surface area contributed by atoms with Crippen LogP contribution in [0.1, 0.15) is 44.4 Å². The highest BCUT2D eigenvalue weighted by Crippen LogP contribution is 2.19. The number of hydrogen-bond acceptors (Lipinski definition) is 3. The van der Waals surface area contributed by atoms with Crippen LogP contribution in [0.3, 0.4) is 0 Å². The zero-order chi connectivity index (χ0) is 14.5. The fraction of sp³-hybridized carbons (Fsp3) is 0.625. The van der Waals surface area contributed by atoms with Crippen molar-refractivity contribution in [1.29, 1.82) is 0 Å². The molecule has 1 aromatic carbocycles. The van der Waals surface area contributed by atoms with Gasteiger partial charge in [-0.05, 0) is 39.7 Å². The highest BCUT2D eigenvalue weighted by molar-refractivity contribution is 5.24. The van der Waals surface area contributed by atoms with Gasteiger partial charge >= 0.3 is 0 Å². The van der Waals surface area contributed by atoms with Crippen molar-refractivity contribution in [2.24, 2.45) is 5.73 Å². The van der Waals surface area contributed by atoms with Gasteiger partial charge < -0.3 is 15.2 Å². The van der Waals surface area contributed by atoms with Gasteiger partial charge in [-0.15, -0.1) is 0 Å². The quantitative estimate of drug-likeness (QED) is 0.823. The Morgan fingerprint density at radius 1 is 1.21 bits per heavy atom. The first kappa shape index (κ1) is 16.2. The highest BCUT2D eigenvalue weighted by Gasteiger charge is 2.19. The van der Waals surface area contributed by atoms with Crippen molar-refractivity contribution < 1.29 is 9.47 Å². The minimum absolute atomic E-state index is 0.00429. The van der Waals surface area contributed by atoms with Gasteiger partial charge in [0.2, 0.25) is 0 Å². The van der Waals surface area contributed by atoms with Crippen molar-refractivity contribution in [3.05, 3.63) is 35.4 Å². The van der Waals surface area contributed by atoms with E-state index in [9.17, 15) is 0 Å². The number of nitrogens with two attached hydrogens (primary N) is 1.